The molecular formula is C16H20ClN3O4. The number of anilines is 1. The topological polar surface area (TPSA) is 87.7 Å². The molecule has 1 saturated heterocycles. The van der Waals surface area contributed by atoms with Crippen LogP contribution in [0.4, 0.5) is 10.5 Å². The normalized spacial score (nSPS) is 17.6. The Morgan fingerprint density at radius 3 is 2.54 bits per heavy atom. The van der Waals surface area contributed by atoms with Crippen molar-refractivity contribution in [2.75, 3.05) is 11.4 Å². The number of halogens is 1. The molecule has 1 aromatic carbocycles. The van der Waals surface area contributed by atoms with Gasteiger partial charge in [0, 0.05) is 13.0 Å². The van der Waals surface area contributed by atoms with E-state index in [-0.39, 0.29) is 18.9 Å². The standard InChI is InChI=1S/C16H20ClN3O4/c1-16(2,3)24-15(23)19-18-14(22)10-8-13(21)20(9-10)12-7-5-4-6-11(12)17/h4-7,10H,8-9H2,1-3H3,(H,18,22)(H,19,23)/t10-/m0/s1. The quantitative estimate of drug-likeness (QED) is 0.798. The molecule has 8 heteroatoms. The Morgan fingerprint density at radius 1 is 1.25 bits per heavy atom. The zero-order chi connectivity index (χ0) is 17.9. The van der Waals surface area contributed by atoms with E-state index < -0.39 is 23.5 Å². The summed E-state index contributed by atoms with van der Waals surface area (Å²) in [7, 11) is 0. The molecule has 130 valence electrons. The van der Waals surface area contributed by atoms with Crippen molar-refractivity contribution in [1.29, 1.82) is 0 Å². The Balaban J connectivity index is 1.92. The zero-order valence-corrected chi connectivity index (χ0v) is 14.5. The summed E-state index contributed by atoms with van der Waals surface area (Å²) in [5.41, 5.74) is 4.36. The molecule has 0 aromatic heterocycles. The molecule has 1 fully saturated rings. The van der Waals surface area contributed by atoms with E-state index in [2.05, 4.69) is 10.9 Å². The predicted molar refractivity (Wildman–Crippen MR) is 89.4 cm³/mol. The Hall–Kier alpha value is -2.28. The largest absolute Gasteiger partial charge is 0.443 e. The minimum absolute atomic E-state index is 0.0487. The van der Waals surface area contributed by atoms with Gasteiger partial charge in [-0.15, -0.1) is 0 Å². The van der Waals surface area contributed by atoms with Crippen molar-refractivity contribution in [2.24, 2.45) is 5.92 Å². The number of hydrazine groups is 1. The summed E-state index contributed by atoms with van der Waals surface area (Å²) < 4.78 is 5.02. The molecule has 1 atom stereocenters. The molecule has 1 aromatic rings. The van der Waals surface area contributed by atoms with Gasteiger partial charge < -0.3 is 9.64 Å². The van der Waals surface area contributed by atoms with Crippen molar-refractivity contribution in [3.8, 4) is 0 Å². The number of nitrogens with zero attached hydrogens (tertiary/aromatic N) is 1. The lowest BCUT2D eigenvalue weighted by molar-refractivity contribution is -0.127. The van der Waals surface area contributed by atoms with Crippen molar-refractivity contribution in [3.63, 3.8) is 0 Å². The number of benzene rings is 1. The maximum Gasteiger partial charge on any atom is 0.426 e. The highest BCUT2D eigenvalue weighted by atomic mass is 35.5. The maximum absolute atomic E-state index is 12.1. The van der Waals surface area contributed by atoms with Gasteiger partial charge in [-0.1, -0.05) is 23.7 Å². The monoisotopic (exact) mass is 353 g/mol. The number of nitrogens with one attached hydrogen (secondary N) is 2. The summed E-state index contributed by atoms with van der Waals surface area (Å²) in [6.45, 7) is 5.34. The average molecular weight is 354 g/mol. The summed E-state index contributed by atoms with van der Waals surface area (Å²) in [5, 5.41) is 0.443. The number of rotatable bonds is 2. The lowest BCUT2D eigenvalue weighted by atomic mass is 10.1. The molecule has 3 amide bonds. The second kappa shape index (κ2) is 7.09. The van der Waals surface area contributed by atoms with Gasteiger partial charge in [-0.25, -0.2) is 10.2 Å². The number of ether oxygens (including phenoxy) is 1. The number of carbonyl (C=O) groups is 3. The van der Waals surface area contributed by atoms with Crippen LogP contribution >= 0.6 is 11.6 Å². The first-order chi connectivity index (χ1) is 11.2. The van der Waals surface area contributed by atoms with Gasteiger partial charge >= 0.3 is 6.09 Å². The van der Waals surface area contributed by atoms with E-state index in [0.717, 1.165) is 0 Å². The molecule has 2 rings (SSSR count). The Bertz CT molecular complexity index is 657. The average Bonchev–Trinajstić information content (AvgIpc) is 2.85. The fourth-order valence-electron chi connectivity index (χ4n) is 2.30. The maximum atomic E-state index is 12.1. The summed E-state index contributed by atoms with van der Waals surface area (Å²) in [6.07, 6.45) is -0.712. The van der Waals surface area contributed by atoms with Crippen molar-refractivity contribution >= 4 is 35.2 Å². The van der Waals surface area contributed by atoms with E-state index in [0.29, 0.717) is 10.7 Å². The first kappa shape index (κ1) is 18.1. The zero-order valence-electron chi connectivity index (χ0n) is 13.8. The molecule has 1 aliphatic rings. The number of hydrogen-bond acceptors (Lipinski definition) is 4. The Kier molecular flexibility index (Phi) is 5.33. The van der Waals surface area contributed by atoms with Gasteiger partial charge in [-0.2, -0.15) is 0 Å². The first-order valence-electron chi connectivity index (χ1n) is 7.51. The Morgan fingerprint density at radius 2 is 1.92 bits per heavy atom. The fraction of sp³-hybridized carbons (Fsp3) is 0.438. The van der Waals surface area contributed by atoms with Gasteiger partial charge in [0.25, 0.3) is 0 Å². The molecule has 1 aliphatic heterocycles. The number of carbonyl (C=O) groups excluding carboxylic acids is 3. The van der Waals surface area contributed by atoms with Crippen molar-refractivity contribution in [1.82, 2.24) is 10.9 Å². The molecule has 0 radical (unpaired) electrons. The number of amides is 3. The van der Waals surface area contributed by atoms with Gasteiger partial charge in [0.05, 0.1) is 16.6 Å². The van der Waals surface area contributed by atoms with E-state index in [1.54, 1.807) is 45.0 Å². The van der Waals surface area contributed by atoms with Crippen molar-refractivity contribution in [3.05, 3.63) is 29.3 Å². The molecule has 0 spiro atoms. The second-order valence-electron chi connectivity index (χ2n) is 6.47. The lowest BCUT2D eigenvalue weighted by Crippen LogP contribution is -2.47. The molecule has 0 aliphatic carbocycles. The van der Waals surface area contributed by atoms with Crippen LogP contribution in [0.25, 0.3) is 0 Å². The first-order valence-corrected chi connectivity index (χ1v) is 7.89. The SMILES string of the molecule is CC(C)(C)OC(=O)NNC(=O)[C@H]1CC(=O)N(c2ccccc2Cl)C1. The molecule has 0 unspecified atom stereocenters. The van der Waals surface area contributed by atoms with Crippen LogP contribution in [0.3, 0.4) is 0 Å². The minimum Gasteiger partial charge on any atom is -0.443 e. The lowest BCUT2D eigenvalue weighted by Gasteiger charge is -2.20. The van der Waals surface area contributed by atoms with Gasteiger partial charge in [0.15, 0.2) is 0 Å². The summed E-state index contributed by atoms with van der Waals surface area (Å²) in [4.78, 5) is 37.3. The third-order valence-corrected chi connectivity index (χ3v) is 3.65. The molecule has 24 heavy (non-hydrogen) atoms. The van der Waals surface area contributed by atoms with E-state index >= 15 is 0 Å². The van der Waals surface area contributed by atoms with Crippen molar-refractivity contribution in [2.45, 2.75) is 32.8 Å². The van der Waals surface area contributed by atoms with Crippen LogP contribution in [0.2, 0.25) is 5.02 Å². The Labute approximate surface area is 145 Å². The van der Waals surface area contributed by atoms with Crippen molar-refractivity contribution < 1.29 is 19.1 Å². The molecule has 0 saturated carbocycles. The number of para-hydroxylation sites is 1. The van der Waals surface area contributed by atoms with Crippen LogP contribution < -0.4 is 15.8 Å². The van der Waals surface area contributed by atoms with Crippen LogP contribution in [0.5, 0.6) is 0 Å². The van der Waals surface area contributed by atoms with Crippen LogP contribution in [-0.4, -0.2) is 30.1 Å². The highest BCUT2D eigenvalue weighted by molar-refractivity contribution is 6.33. The summed E-state index contributed by atoms with van der Waals surface area (Å²) in [5.74, 6) is -1.23. The summed E-state index contributed by atoms with van der Waals surface area (Å²) in [6, 6.07) is 6.94. The van der Waals surface area contributed by atoms with E-state index in [1.165, 1.54) is 4.90 Å². The molecular weight excluding hydrogens is 334 g/mol. The van der Waals surface area contributed by atoms with E-state index in [4.69, 9.17) is 16.3 Å². The van der Waals surface area contributed by atoms with Gasteiger partial charge in [0.2, 0.25) is 11.8 Å². The highest BCUT2D eigenvalue weighted by Crippen LogP contribution is 2.30. The van der Waals surface area contributed by atoms with Crippen LogP contribution in [0.15, 0.2) is 24.3 Å². The van der Waals surface area contributed by atoms with Gasteiger partial charge in [-0.05, 0) is 32.9 Å². The highest BCUT2D eigenvalue weighted by Gasteiger charge is 2.36. The second-order valence-corrected chi connectivity index (χ2v) is 6.88. The van der Waals surface area contributed by atoms with E-state index in [9.17, 15) is 14.4 Å². The van der Waals surface area contributed by atoms with Crippen LogP contribution in [-0.2, 0) is 14.3 Å². The molecule has 1 heterocycles. The summed E-state index contributed by atoms with van der Waals surface area (Å²) >= 11 is 6.09. The smallest absolute Gasteiger partial charge is 0.426 e. The molecule has 2 N–H and O–H groups in total. The third-order valence-electron chi connectivity index (χ3n) is 3.33. The predicted octanol–water partition coefficient (Wildman–Crippen LogP) is 2.25. The van der Waals surface area contributed by atoms with Crippen LogP contribution in [0.1, 0.15) is 27.2 Å². The van der Waals surface area contributed by atoms with Gasteiger partial charge in [0.1, 0.15) is 5.60 Å². The molecule has 0 bridgehead atoms. The third kappa shape index (κ3) is 4.61. The van der Waals surface area contributed by atoms with E-state index in [1.807, 2.05) is 0 Å². The minimum atomic E-state index is -0.761. The molecule has 7 nitrogen and oxygen atoms in total. The number of hydrogen-bond donors (Lipinski definition) is 2. The van der Waals surface area contributed by atoms with Crippen LogP contribution in [0, 0.1) is 5.92 Å². The fourth-order valence-corrected chi connectivity index (χ4v) is 2.54. The van der Waals surface area contributed by atoms with Gasteiger partial charge in [-0.3, -0.25) is 15.0 Å².